The molecule has 0 aromatic rings. The van der Waals surface area contributed by atoms with E-state index in [1.54, 1.807) is 0 Å². The van der Waals surface area contributed by atoms with Gasteiger partial charge in [0.25, 0.3) is 0 Å². The molecule has 11 heteroatoms. The van der Waals surface area contributed by atoms with Crippen LogP contribution in [0.3, 0.4) is 0 Å². The molecule has 140 valence electrons. The third kappa shape index (κ3) is 3.60. The number of Topliss-reactive ketones (excluding diaryl/α,β-unsaturated/α-hetero) is 1. The van der Waals surface area contributed by atoms with E-state index < -0.39 is 74.3 Å². The molecule has 6 N–H and O–H groups in total. The lowest BCUT2D eigenvalue weighted by Crippen LogP contribution is -2.63. The fraction of sp³-hybridized carbons (Fsp3) is 0.923. The first-order valence-corrected chi connectivity index (χ1v) is 7.32. The molecule has 0 radical (unpaired) electrons. The first kappa shape index (κ1) is 19.6. The maximum atomic E-state index is 11.8. The monoisotopic (exact) mass is 354 g/mol. The molecular formula is C13H22O11. The van der Waals surface area contributed by atoms with Crippen LogP contribution in [-0.4, -0.2) is 112 Å². The highest BCUT2D eigenvalue weighted by molar-refractivity contribution is 5.88. The summed E-state index contributed by atoms with van der Waals surface area (Å²) in [5.74, 6) is -1.02. The summed E-state index contributed by atoms with van der Waals surface area (Å²) in [5.41, 5.74) is 0. The highest BCUT2D eigenvalue weighted by atomic mass is 16.7. The van der Waals surface area contributed by atoms with Gasteiger partial charge >= 0.3 is 0 Å². The van der Waals surface area contributed by atoms with Gasteiger partial charge in [0.05, 0.1) is 13.2 Å². The van der Waals surface area contributed by atoms with Crippen LogP contribution in [0.2, 0.25) is 0 Å². The smallest absolute Gasteiger partial charge is 0.197 e. The Balaban J connectivity index is 2.13. The van der Waals surface area contributed by atoms with Crippen LogP contribution in [-0.2, 0) is 23.7 Å². The standard InChI is InChI=1S/C13H22O11/c1-21-12-10(20)8(18)11(5(3-15)23-12)24-13-9(19)7(17)6(16)4(2-14)22-13/h4-6,8-16,18-20H,2-3H2,1H3/t4?,5?,6-,8?,9?,10?,11-,12-,13-/m1/s1. The van der Waals surface area contributed by atoms with Gasteiger partial charge in [-0.1, -0.05) is 0 Å². The highest BCUT2D eigenvalue weighted by Gasteiger charge is 2.50. The number of ether oxygens (including phenoxy) is 4. The van der Waals surface area contributed by atoms with E-state index in [2.05, 4.69) is 0 Å². The number of rotatable bonds is 5. The third-order valence-corrected chi connectivity index (χ3v) is 4.03. The molecule has 2 fully saturated rings. The molecule has 11 nitrogen and oxygen atoms in total. The summed E-state index contributed by atoms with van der Waals surface area (Å²) in [6, 6.07) is 0. The molecule has 2 saturated heterocycles. The Hall–Kier alpha value is -0.730. The van der Waals surface area contributed by atoms with E-state index in [-0.39, 0.29) is 0 Å². The van der Waals surface area contributed by atoms with Crippen LogP contribution in [0.5, 0.6) is 0 Å². The zero-order valence-electron chi connectivity index (χ0n) is 12.8. The van der Waals surface area contributed by atoms with Gasteiger partial charge < -0.3 is 49.6 Å². The Kier molecular flexibility index (Phi) is 6.61. The van der Waals surface area contributed by atoms with Crippen molar-refractivity contribution in [2.75, 3.05) is 20.3 Å². The SMILES string of the molecule is CO[C@@H]1OC(CO)[C@@H](O[C@H]2OC(CO)[C@@H](O)C(=O)C2O)C(O)C1O. The molecule has 0 aromatic heterocycles. The van der Waals surface area contributed by atoms with Crippen LogP contribution in [0, 0.1) is 0 Å². The van der Waals surface area contributed by atoms with E-state index >= 15 is 0 Å². The van der Waals surface area contributed by atoms with Gasteiger partial charge in [-0.25, -0.2) is 0 Å². The number of hydrogen-bond acceptors (Lipinski definition) is 11. The van der Waals surface area contributed by atoms with Crippen molar-refractivity contribution in [1.29, 1.82) is 0 Å². The highest BCUT2D eigenvalue weighted by Crippen LogP contribution is 2.28. The van der Waals surface area contributed by atoms with E-state index in [0.717, 1.165) is 0 Å². The Bertz CT molecular complexity index is 430. The third-order valence-electron chi connectivity index (χ3n) is 4.03. The van der Waals surface area contributed by atoms with Gasteiger partial charge in [0, 0.05) is 7.11 Å². The van der Waals surface area contributed by atoms with Crippen LogP contribution in [0.1, 0.15) is 0 Å². The maximum Gasteiger partial charge on any atom is 0.197 e. The minimum Gasteiger partial charge on any atom is -0.394 e. The quantitative estimate of drug-likeness (QED) is 0.280. The fourth-order valence-electron chi connectivity index (χ4n) is 2.63. The van der Waals surface area contributed by atoms with E-state index in [4.69, 9.17) is 24.1 Å². The maximum absolute atomic E-state index is 11.8. The first-order valence-electron chi connectivity index (χ1n) is 7.32. The lowest BCUT2D eigenvalue weighted by molar-refractivity contribution is -0.340. The fourth-order valence-corrected chi connectivity index (χ4v) is 2.63. The number of ketones is 1. The average Bonchev–Trinajstić information content (AvgIpc) is 2.59. The van der Waals surface area contributed by atoms with Gasteiger partial charge in [-0.2, -0.15) is 0 Å². The average molecular weight is 354 g/mol. The lowest BCUT2D eigenvalue weighted by atomic mass is 9.97. The topological polar surface area (TPSA) is 175 Å². The number of hydrogen-bond donors (Lipinski definition) is 6. The number of aliphatic hydroxyl groups is 6. The molecule has 0 bridgehead atoms. The molecular weight excluding hydrogens is 332 g/mol. The molecule has 0 amide bonds. The minimum atomic E-state index is -1.88. The van der Waals surface area contributed by atoms with Gasteiger partial charge in [-0.05, 0) is 0 Å². The van der Waals surface area contributed by atoms with Crippen molar-refractivity contribution in [3.63, 3.8) is 0 Å². The predicted octanol–water partition coefficient (Wildman–Crippen LogP) is -4.53. The number of methoxy groups -OCH3 is 1. The minimum absolute atomic E-state index is 0.614. The molecule has 0 aromatic carbocycles. The molecule has 0 spiro atoms. The molecule has 0 saturated carbocycles. The van der Waals surface area contributed by atoms with E-state index in [1.807, 2.05) is 0 Å². The summed E-state index contributed by atoms with van der Waals surface area (Å²) in [6.07, 6.45) is -13.4. The Morgan fingerprint density at radius 1 is 0.917 bits per heavy atom. The second kappa shape index (κ2) is 8.10. The first-order chi connectivity index (χ1) is 11.3. The van der Waals surface area contributed by atoms with Crippen LogP contribution in [0.15, 0.2) is 0 Å². The molecule has 2 rings (SSSR count). The van der Waals surface area contributed by atoms with Gasteiger partial charge in [0.2, 0.25) is 0 Å². The molecule has 5 unspecified atom stereocenters. The summed E-state index contributed by atoms with van der Waals surface area (Å²) in [7, 11) is 1.23. The molecule has 2 heterocycles. The van der Waals surface area contributed by atoms with Crippen molar-refractivity contribution < 1.29 is 54.4 Å². The second-order valence-electron chi connectivity index (χ2n) is 5.56. The van der Waals surface area contributed by atoms with Crippen molar-refractivity contribution >= 4 is 5.78 Å². The number of carbonyl (C=O) groups excluding carboxylic acids is 1. The van der Waals surface area contributed by atoms with Gasteiger partial charge in [-0.15, -0.1) is 0 Å². The van der Waals surface area contributed by atoms with Crippen LogP contribution in [0.25, 0.3) is 0 Å². The number of carbonyl (C=O) groups is 1. The summed E-state index contributed by atoms with van der Waals surface area (Å²) < 4.78 is 20.5. The summed E-state index contributed by atoms with van der Waals surface area (Å²) in [5, 5.41) is 57.9. The van der Waals surface area contributed by atoms with Crippen molar-refractivity contribution in [2.45, 2.75) is 55.3 Å². The summed E-state index contributed by atoms with van der Waals surface area (Å²) in [6.45, 7) is -1.32. The largest absolute Gasteiger partial charge is 0.394 e. The van der Waals surface area contributed by atoms with Gasteiger partial charge in [0.1, 0.15) is 36.6 Å². The van der Waals surface area contributed by atoms with Crippen molar-refractivity contribution in [1.82, 2.24) is 0 Å². The Morgan fingerprint density at radius 3 is 2.04 bits per heavy atom. The molecule has 2 aliphatic rings. The molecule has 2 aliphatic heterocycles. The van der Waals surface area contributed by atoms with Crippen LogP contribution < -0.4 is 0 Å². The summed E-state index contributed by atoms with van der Waals surface area (Å²) in [4.78, 5) is 11.8. The van der Waals surface area contributed by atoms with Crippen LogP contribution in [0.4, 0.5) is 0 Å². The normalized spacial score (nSPS) is 47.0. The molecule has 24 heavy (non-hydrogen) atoms. The van der Waals surface area contributed by atoms with Crippen molar-refractivity contribution in [3.8, 4) is 0 Å². The predicted molar refractivity (Wildman–Crippen MR) is 72.4 cm³/mol. The summed E-state index contributed by atoms with van der Waals surface area (Å²) >= 11 is 0. The zero-order chi connectivity index (χ0) is 18.0. The Labute approximate surface area is 136 Å². The van der Waals surface area contributed by atoms with Crippen molar-refractivity contribution in [2.24, 2.45) is 0 Å². The molecule has 9 atom stereocenters. The van der Waals surface area contributed by atoms with Crippen LogP contribution >= 0.6 is 0 Å². The van der Waals surface area contributed by atoms with E-state index in [9.17, 15) is 30.3 Å². The van der Waals surface area contributed by atoms with E-state index in [1.165, 1.54) is 7.11 Å². The Morgan fingerprint density at radius 2 is 1.50 bits per heavy atom. The molecule has 0 aliphatic carbocycles. The van der Waals surface area contributed by atoms with Gasteiger partial charge in [-0.3, -0.25) is 4.79 Å². The van der Waals surface area contributed by atoms with E-state index in [0.29, 0.717) is 0 Å². The van der Waals surface area contributed by atoms with Gasteiger partial charge in [0.15, 0.2) is 24.5 Å². The number of aliphatic hydroxyl groups excluding tert-OH is 6. The second-order valence-corrected chi connectivity index (χ2v) is 5.56. The zero-order valence-corrected chi connectivity index (χ0v) is 12.8. The lowest BCUT2D eigenvalue weighted by Gasteiger charge is -2.44. The van der Waals surface area contributed by atoms with Crippen molar-refractivity contribution in [3.05, 3.63) is 0 Å².